The average Bonchev–Trinajstić information content (AvgIpc) is 3.12. The fraction of sp³-hybridized carbons (Fsp3) is 0.105. The first-order valence-electron chi connectivity index (χ1n) is 8.17. The van der Waals surface area contributed by atoms with E-state index in [9.17, 15) is 39.9 Å². The van der Waals surface area contributed by atoms with Crippen LogP contribution in [0.3, 0.4) is 0 Å². The monoisotopic (exact) mass is 530 g/mol. The number of benzene rings is 2. The highest BCUT2D eigenvalue weighted by Gasteiger charge is 2.34. The van der Waals surface area contributed by atoms with Gasteiger partial charge in [-0.15, -0.1) is 13.2 Å². The number of halogens is 9. The van der Waals surface area contributed by atoms with E-state index in [0.717, 1.165) is 24.3 Å². The zero-order chi connectivity index (χ0) is 23.8. The number of carbonyl (C=O) groups is 1. The third-order valence-electron chi connectivity index (χ3n) is 3.79. The van der Waals surface area contributed by atoms with Gasteiger partial charge in [-0.2, -0.15) is 13.2 Å². The first-order chi connectivity index (χ1) is 14.8. The summed E-state index contributed by atoms with van der Waals surface area (Å²) in [5.41, 5.74) is -1.97. The molecule has 0 atom stereocenters. The van der Waals surface area contributed by atoms with Crippen molar-refractivity contribution < 1.29 is 53.8 Å². The maximum absolute atomic E-state index is 14.2. The van der Waals surface area contributed by atoms with E-state index in [1.165, 1.54) is 0 Å². The summed E-state index contributed by atoms with van der Waals surface area (Å²) in [6.07, 6.45) is -9.85. The maximum atomic E-state index is 14.2. The Morgan fingerprint density at radius 2 is 1.53 bits per heavy atom. The summed E-state index contributed by atoms with van der Waals surface area (Å²) >= 11 is 2.87. The molecule has 0 bridgehead atoms. The van der Waals surface area contributed by atoms with Crippen molar-refractivity contribution in [1.29, 1.82) is 0 Å². The summed E-state index contributed by atoms with van der Waals surface area (Å²) in [7, 11) is 0. The molecule has 0 saturated carbocycles. The molecule has 1 aromatic heterocycles. The standard InChI is InChI=1S/C19H7BrF8O4/c20-12-6-10(32-19(26,27)28)5-11(15-2-1-9(7-29)30-15)16(12)31-17-13(21)3-8(4-14(17)22)18(23,24)25/h1-7H. The molecular formula is C19H7BrF8O4. The van der Waals surface area contributed by atoms with Crippen molar-refractivity contribution in [2.24, 2.45) is 0 Å². The number of hydrogen-bond donors (Lipinski definition) is 0. The number of carbonyl (C=O) groups excluding carboxylic acids is 1. The minimum absolute atomic E-state index is 0.00941. The predicted molar refractivity (Wildman–Crippen MR) is 95.3 cm³/mol. The van der Waals surface area contributed by atoms with E-state index in [-0.39, 0.29) is 40.0 Å². The zero-order valence-corrected chi connectivity index (χ0v) is 16.7. The molecule has 13 heteroatoms. The van der Waals surface area contributed by atoms with E-state index in [4.69, 9.17) is 9.15 Å². The number of rotatable bonds is 5. The largest absolute Gasteiger partial charge is 0.573 e. The van der Waals surface area contributed by atoms with Crippen molar-refractivity contribution in [3.8, 4) is 28.6 Å². The maximum Gasteiger partial charge on any atom is 0.573 e. The van der Waals surface area contributed by atoms with Crippen LogP contribution < -0.4 is 9.47 Å². The van der Waals surface area contributed by atoms with Crippen molar-refractivity contribution in [2.75, 3.05) is 0 Å². The van der Waals surface area contributed by atoms with E-state index in [0.29, 0.717) is 0 Å². The van der Waals surface area contributed by atoms with Crippen LogP contribution in [-0.4, -0.2) is 12.6 Å². The van der Waals surface area contributed by atoms with E-state index in [1.807, 2.05) is 0 Å². The second-order valence-electron chi connectivity index (χ2n) is 6.02. The van der Waals surface area contributed by atoms with Gasteiger partial charge in [-0.05, 0) is 52.3 Å². The van der Waals surface area contributed by atoms with E-state index in [1.54, 1.807) is 0 Å². The van der Waals surface area contributed by atoms with E-state index >= 15 is 0 Å². The minimum atomic E-state index is -5.10. The second kappa shape index (κ2) is 8.45. The lowest BCUT2D eigenvalue weighted by Gasteiger charge is -2.17. The molecule has 0 N–H and O–H groups in total. The Balaban J connectivity index is 2.14. The highest BCUT2D eigenvalue weighted by atomic mass is 79.9. The number of aldehydes is 1. The molecule has 3 aromatic rings. The van der Waals surface area contributed by atoms with Gasteiger partial charge in [-0.3, -0.25) is 4.79 Å². The van der Waals surface area contributed by atoms with Crippen molar-refractivity contribution in [1.82, 2.24) is 0 Å². The molecule has 3 rings (SSSR count). The van der Waals surface area contributed by atoms with E-state index in [2.05, 4.69) is 20.7 Å². The van der Waals surface area contributed by atoms with Gasteiger partial charge in [0.05, 0.1) is 15.6 Å². The van der Waals surface area contributed by atoms with Gasteiger partial charge in [0.15, 0.2) is 35.2 Å². The van der Waals surface area contributed by atoms with Crippen molar-refractivity contribution in [2.45, 2.75) is 12.5 Å². The molecule has 170 valence electrons. The van der Waals surface area contributed by atoms with Gasteiger partial charge in [0.25, 0.3) is 0 Å². The summed E-state index contributed by atoms with van der Waals surface area (Å²) in [5, 5.41) is 0. The SMILES string of the molecule is O=Cc1ccc(-c2cc(OC(F)(F)F)cc(Br)c2Oc2c(F)cc(C(F)(F)F)cc2F)o1. The van der Waals surface area contributed by atoms with E-state index < -0.39 is 47.0 Å². The number of furan rings is 1. The Hall–Kier alpha value is -3.09. The number of hydrogen-bond acceptors (Lipinski definition) is 4. The highest BCUT2D eigenvalue weighted by molar-refractivity contribution is 9.10. The first kappa shape index (κ1) is 23.6. The molecular weight excluding hydrogens is 524 g/mol. The van der Waals surface area contributed by atoms with Gasteiger partial charge in [-0.1, -0.05) is 0 Å². The van der Waals surface area contributed by atoms with Gasteiger partial charge in [0, 0.05) is 0 Å². The van der Waals surface area contributed by atoms with Crippen LogP contribution in [0.5, 0.6) is 17.2 Å². The Kier molecular flexibility index (Phi) is 6.22. The minimum Gasteiger partial charge on any atom is -0.453 e. The summed E-state index contributed by atoms with van der Waals surface area (Å²) in [6.45, 7) is 0. The van der Waals surface area contributed by atoms with Crippen LogP contribution in [0.1, 0.15) is 16.1 Å². The van der Waals surface area contributed by atoms with Gasteiger partial charge >= 0.3 is 12.5 Å². The quantitative estimate of drug-likeness (QED) is 0.253. The molecule has 0 amide bonds. The summed E-state index contributed by atoms with van der Waals surface area (Å²) < 4.78 is 118. The Bertz CT molecular complexity index is 1140. The van der Waals surface area contributed by atoms with Crippen LogP contribution in [0.15, 0.2) is 45.3 Å². The van der Waals surface area contributed by atoms with Crippen LogP contribution in [0.2, 0.25) is 0 Å². The molecule has 0 aliphatic rings. The molecule has 0 spiro atoms. The highest BCUT2D eigenvalue weighted by Crippen LogP contribution is 2.45. The Labute approximate surface area is 181 Å². The smallest absolute Gasteiger partial charge is 0.453 e. The summed E-state index contributed by atoms with van der Waals surface area (Å²) in [6, 6.07) is 3.76. The van der Waals surface area contributed by atoms with Crippen LogP contribution in [0, 0.1) is 11.6 Å². The molecule has 0 aliphatic carbocycles. The third-order valence-corrected chi connectivity index (χ3v) is 4.38. The van der Waals surface area contributed by atoms with Gasteiger partial charge in [0.2, 0.25) is 0 Å². The van der Waals surface area contributed by atoms with Crippen LogP contribution in [0.4, 0.5) is 35.1 Å². The summed E-state index contributed by atoms with van der Waals surface area (Å²) in [4.78, 5) is 10.9. The molecule has 32 heavy (non-hydrogen) atoms. The predicted octanol–water partition coefficient (Wildman–Crippen LogP) is 7.51. The molecule has 2 aromatic carbocycles. The molecule has 0 saturated heterocycles. The van der Waals surface area contributed by atoms with Gasteiger partial charge in [-0.25, -0.2) is 8.78 Å². The van der Waals surface area contributed by atoms with Crippen LogP contribution in [-0.2, 0) is 6.18 Å². The third kappa shape index (κ3) is 5.21. The number of alkyl halides is 6. The van der Waals surface area contributed by atoms with Crippen LogP contribution >= 0.6 is 15.9 Å². The molecule has 0 radical (unpaired) electrons. The van der Waals surface area contributed by atoms with Crippen molar-refractivity contribution in [3.63, 3.8) is 0 Å². The molecule has 0 aliphatic heterocycles. The van der Waals surface area contributed by atoms with Crippen LogP contribution in [0.25, 0.3) is 11.3 Å². The normalized spacial score (nSPS) is 12.0. The molecule has 4 nitrogen and oxygen atoms in total. The molecule has 0 fully saturated rings. The first-order valence-corrected chi connectivity index (χ1v) is 8.96. The fourth-order valence-corrected chi connectivity index (χ4v) is 3.05. The van der Waals surface area contributed by atoms with Crippen molar-refractivity contribution in [3.05, 3.63) is 63.8 Å². The van der Waals surface area contributed by atoms with Gasteiger partial charge in [0.1, 0.15) is 11.5 Å². The Morgan fingerprint density at radius 3 is 2.03 bits per heavy atom. The van der Waals surface area contributed by atoms with Gasteiger partial charge < -0.3 is 13.9 Å². The topological polar surface area (TPSA) is 48.7 Å². The Morgan fingerprint density at radius 1 is 0.906 bits per heavy atom. The number of ether oxygens (including phenoxy) is 2. The lowest BCUT2D eigenvalue weighted by Crippen LogP contribution is -2.17. The van der Waals surface area contributed by atoms with Crippen molar-refractivity contribution >= 4 is 22.2 Å². The molecule has 0 unspecified atom stereocenters. The lowest BCUT2D eigenvalue weighted by atomic mass is 10.1. The summed E-state index contributed by atoms with van der Waals surface area (Å²) in [5.74, 6) is -6.52. The zero-order valence-electron chi connectivity index (χ0n) is 15.1. The lowest BCUT2D eigenvalue weighted by molar-refractivity contribution is -0.274. The second-order valence-corrected chi connectivity index (χ2v) is 6.87. The molecule has 1 heterocycles. The fourth-order valence-electron chi connectivity index (χ4n) is 2.53. The average molecular weight is 531 g/mol.